The van der Waals surface area contributed by atoms with Crippen LogP contribution < -0.4 is 5.32 Å². The molecular formula is C16H23N5O3. The lowest BCUT2D eigenvalue weighted by atomic mass is 10.0. The highest BCUT2D eigenvalue weighted by Crippen LogP contribution is 2.15. The van der Waals surface area contributed by atoms with Gasteiger partial charge in [0, 0.05) is 17.8 Å². The average molecular weight is 333 g/mol. The second-order valence-corrected chi connectivity index (χ2v) is 6.32. The molecule has 1 atom stereocenters. The van der Waals surface area contributed by atoms with E-state index in [9.17, 15) is 14.7 Å². The number of nitrogens with zero attached hydrogens (tertiary/aromatic N) is 4. The van der Waals surface area contributed by atoms with E-state index in [-0.39, 0.29) is 18.2 Å². The first-order valence-electron chi connectivity index (χ1n) is 7.97. The van der Waals surface area contributed by atoms with E-state index in [1.54, 1.807) is 4.52 Å². The summed E-state index contributed by atoms with van der Waals surface area (Å²) >= 11 is 0. The number of hydrogen-bond acceptors (Lipinski definition) is 5. The van der Waals surface area contributed by atoms with Crippen LogP contribution in [0, 0.1) is 19.8 Å². The summed E-state index contributed by atoms with van der Waals surface area (Å²) in [5.74, 6) is -0.563. The maximum atomic E-state index is 12.1. The Kier molecular flexibility index (Phi) is 5.48. The molecule has 130 valence electrons. The molecule has 8 nitrogen and oxygen atoms in total. The minimum absolute atomic E-state index is 0.190. The minimum Gasteiger partial charge on any atom is -0.480 e. The van der Waals surface area contributed by atoms with E-state index < -0.39 is 12.0 Å². The third kappa shape index (κ3) is 4.06. The van der Waals surface area contributed by atoms with E-state index in [4.69, 9.17) is 0 Å². The maximum absolute atomic E-state index is 12.1. The number of rotatable bonds is 7. The molecule has 24 heavy (non-hydrogen) atoms. The predicted octanol–water partition coefficient (Wildman–Crippen LogP) is 1.29. The number of amides is 1. The third-order valence-electron chi connectivity index (χ3n) is 3.93. The molecule has 2 rings (SSSR count). The van der Waals surface area contributed by atoms with E-state index in [0.29, 0.717) is 18.6 Å². The Morgan fingerprint density at radius 2 is 2.04 bits per heavy atom. The van der Waals surface area contributed by atoms with Crippen LogP contribution in [0.3, 0.4) is 0 Å². The van der Waals surface area contributed by atoms with Gasteiger partial charge in [-0.15, -0.1) is 0 Å². The van der Waals surface area contributed by atoms with Crippen LogP contribution in [0.2, 0.25) is 0 Å². The van der Waals surface area contributed by atoms with Gasteiger partial charge in [0.15, 0.2) is 0 Å². The molecule has 0 saturated carbocycles. The summed E-state index contributed by atoms with van der Waals surface area (Å²) in [6.45, 7) is 7.62. The molecule has 2 aromatic heterocycles. The van der Waals surface area contributed by atoms with Gasteiger partial charge in [-0.25, -0.2) is 14.3 Å². The van der Waals surface area contributed by atoms with Crippen molar-refractivity contribution in [2.45, 2.75) is 53.0 Å². The molecule has 0 spiro atoms. The molecule has 0 bridgehead atoms. The van der Waals surface area contributed by atoms with Crippen molar-refractivity contribution in [2.24, 2.45) is 5.92 Å². The number of fused-ring (bicyclic) bond motifs is 1. The van der Waals surface area contributed by atoms with Crippen LogP contribution in [0.25, 0.3) is 5.78 Å². The van der Waals surface area contributed by atoms with Gasteiger partial charge in [0.25, 0.3) is 5.78 Å². The molecule has 0 radical (unpaired) electrons. The summed E-state index contributed by atoms with van der Waals surface area (Å²) in [7, 11) is 0. The first-order chi connectivity index (χ1) is 11.3. The molecule has 0 aliphatic rings. The van der Waals surface area contributed by atoms with Crippen LogP contribution in [-0.4, -0.2) is 42.6 Å². The Hall–Kier alpha value is -2.51. The number of carbonyl (C=O) groups is 2. The van der Waals surface area contributed by atoms with Gasteiger partial charge in [-0.05, 0) is 38.2 Å². The van der Waals surface area contributed by atoms with Crippen molar-refractivity contribution in [1.82, 2.24) is 24.9 Å². The summed E-state index contributed by atoms with van der Waals surface area (Å²) in [4.78, 5) is 31.8. The van der Waals surface area contributed by atoms with Gasteiger partial charge in [-0.2, -0.15) is 10.1 Å². The zero-order valence-electron chi connectivity index (χ0n) is 14.4. The Balaban J connectivity index is 2.05. The highest BCUT2D eigenvalue weighted by molar-refractivity contribution is 5.83. The molecule has 2 aromatic rings. The second-order valence-electron chi connectivity index (χ2n) is 6.32. The summed E-state index contributed by atoms with van der Waals surface area (Å²) in [6, 6.07) is -0.851. The summed E-state index contributed by atoms with van der Waals surface area (Å²) in [6.07, 6.45) is 2.52. The van der Waals surface area contributed by atoms with Crippen LogP contribution >= 0.6 is 0 Å². The standard InChI is InChI=1S/C16H23N5O3/c1-9(2)7-13(15(23)24)20-14(22)6-5-12-10(3)19-16-17-8-18-21(16)11(12)4/h8-9,13H,5-7H2,1-4H3,(H,20,22)(H,23,24)/t13-/m0/s1. The zero-order valence-corrected chi connectivity index (χ0v) is 14.4. The first kappa shape index (κ1) is 17.8. The predicted molar refractivity (Wildman–Crippen MR) is 87.6 cm³/mol. The van der Waals surface area contributed by atoms with Crippen LogP contribution in [0.15, 0.2) is 6.33 Å². The molecular weight excluding hydrogens is 310 g/mol. The fourth-order valence-corrected chi connectivity index (χ4v) is 2.72. The lowest BCUT2D eigenvalue weighted by Gasteiger charge is -2.17. The lowest BCUT2D eigenvalue weighted by molar-refractivity contribution is -0.142. The van der Waals surface area contributed by atoms with Gasteiger partial charge in [-0.3, -0.25) is 4.79 Å². The zero-order chi connectivity index (χ0) is 17.9. The number of aryl methyl sites for hydroxylation is 2. The van der Waals surface area contributed by atoms with Gasteiger partial charge < -0.3 is 10.4 Å². The van der Waals surface area contributed by atoms with Gasteiger partial charge >= 0.3 is 5.97 Å². The monoisotopic (exact) mass is 333 g/mol. The SMILES string of the molecule is Cc1nc2ncnn2c(C)c1CCC(=O)N[C@@H](CC(C)C)C(=O)O. The van der Waals surface area contributed by atoms with Crippen LogP contribution in [0.1, 0.15) is 43.6 Å². The number of carboxylic acid groups (broad SMARTS) is 1. The number of nitrogens with one attached hydrogen (secondary N) is 1. The highest BCUT2D eigenvalue weighted by Gasteiger charge is 2.21. The average Bonchev–Trinajstić information content (AvgIpc) is 2.94. The molecule has 8 heteroatoms. The van der Waals surface area contributed by atoms with Crippen LogP contribution in [-0.2, 0) is 16.0 Å². The van der Waals surface area contributed by atoms with Crippen molar-refractivity contribution in [3.8, 4) is 0 Å². The van der Waals surface area contributed by atoms with Crippen LogP contribution in [0.5, 0.6) is 0 Å². The normalized spacial score (nSPS) is 12.5. The molecule has 1 amide bonds. The Labute approximate surface area is 140 Å². The molecule has 2 N–H and O–H groups in total. The molecule has 0 saturated heterocycles. The topological polar surface area (TPSA) is 109 Å². The number of carbonyl (C=O) groups excluding carboxylic acids is 1. The van der Waals surface area contributed by atoms with Gasteiger partial charge in [0.2, 0.25) is 5.91 Å². The van der Waals surface area contributed by atoms with Gasteiger partial charge in [0.05, 0.1) is 0 Å². The minimum atomic E-state index is -1.00. The van der Waals surface area contributed by atoms with Crippen molar-refractivity contribution < 1.29 is 14.7 Å². The van der Waals surface area contributed by atoms with E-state index in [0.717, 1.165) is 17.0 Å². The van der Waals surface area contributed by atoms with E-state index in [1.165, 1.54) is 6.33 Å². The van der Waals surface area contributed by atoms with Gasteiger partial charge in [0.1, 0.15) is 12.4 Å². The molecule has 0 aromatic carbocycles. The quantitative estimate of drug-likeness (QED) is 0.790. The number of aromatic nitrogens is 4. The van der Waals surface area contributed by atoms with Crippen molar-refractivity contribution in [2.75, 3.05) is 0 Å². The maximum Gasteiger partial charge on any atom is 0.326 e. The van der Waals surface area contributed by atoms with E-state index in [2.05, 4.69) is 20.4 Å². The van der Waals surface area contributed by atoms with Crippen LogP contribution in [0.4, 0.5) is 0 Å². The number of carboxylic acids is 1. The highest BCUT2D eigenvalue weighted by atomic mass is 16.4. The Morgan fingerprint density at radius 1 is 1.33 bits per heavy atom. The van der Waals surface area contributed by atoms with Crippen molar-refractivity contribution in [1.29, 1.82) is 0 Å². The molecule has 0 fully saturated rings. The molecule has 0 aliphatic heterocycles. The summed E-state index contributed by atoms with van der Waals surface area (Å²) in [5, 5.41) is 15.9. The lowest BCUT2D eigenvalue weighted by Crippen LogP contribution is -2.41. The molecule has 0 aliphatic carbocycles. The molecule has 2 heterocycles. The summed E-state index contributed by atoms with van der Waals surface area (Å²) in [5.41, 5.74) is 2.62. The Morgan fingerprint density at radius 3 is 2.67 bits per heavy atom. The smallest absolute Gasteiger partial charge is 0.326 e. The van der Waals surface area contributed by atoms with Crippen molar-refractivity contribution in [3.63, 3.8) is 0 Å². The third-order valence-corrected chi connectivity index (χ3v) is 3.93. The Bertz CT molecular complexity index is 753. The number of hydrogen-bond donors (Lipinski definition) is 2. The number of aliphatic carboxylic acids is 1. The first-order valence-corrected chi connectivity index (χ1v) is 7.97. The van der Waals surface area contributed by atoms with E-state index >= 15 is 0 Å². The van der Waals surface area contributed by atoms with E-state index in [1.807, 2.05) is 27.7 Å². The fraction of sp³-hybridized carbons (Fsp3) is 0.562. The van der Waals surface area contributed by atoms with Gasteiger partial charge in [-0.1, -0.05) is 13.8 Å². The molecule has 0 unspecified atom stereocenters. The second kappa shape index (κ2) is 7.37. The van der Waals surface area contributed by atoms with Crippen molar-refractivity contribution >= 4 is 17.7 Å². The fourth-order valence-electron chi connectivity index (χ4n) is 2.72. The van der Waals surface area contributed by atoms with Crippen molar-refractivity contribution in [3.05, 3.63) is 23.3 Å². The summed E-state index contributed by atoms with van der Waals surface area (Å²) < 4.78 is 1.64. The largest absolute Gasteiger partial charge is 0.480 e.